The molecule has 0 aromatic carbocycles. The van der Waals surface area contributed by atoms with Crippen molar-refractivity contribution in [3.63, 3.8) is 0 Å². The van der Waals surface area contributed by atoms with Crippen molar-refractivity contribution in [2.45, 2.75) is 59.7 Å². The van der Waals surface area contributed by atoms with Crippen LogP contribution >= 0.6 is 0 Å². The van der Waals surface area contributed by atoms with Gasteiger partial charge in [-0.3, -0.25) is 0 Å². The Hall–Kier alpha value is -1.53. The molecule has 1 aliphatic rings. The first-order valence-electron chi connectivity index (χ1n) is 9.27. The van der Waals surface area contributed by atoms with Gasteiger partial charge in [0.2, 0.25) is 0 Å². The Kier molecular flexibility index (Phi) is 6.90. The summed E-state index contributed by atoms with van der Waals surface area (Å²) >= 11 is 0. The van der Waals surface area contributed by atoms with E-state index in [9.17, 15) is 4.79 Å². The maximum absolute atomic E-state index is 12.8. The van der Waals surface area contributed by atoms with Gasteiger partial charge in [-0.1, -0.05) is 20.8 Å². The normalized spacial score (nSPS) is 27.8. The quantitative estimate of drug-likeness (QED) is 0.518. The summed E-state index contributed by atoms with van der Waals surface area (Å²) in [6.45, 7) is 11.2. The largest absolute Gasteiger partial charge is 0.458 e. The smallest absolute Gasteiger partial charge is 0.342 e. The number of esters is 1. The second-order valence-electron chi connectivity index (χ2n) is 7.66. The molecule has 1 saturated carbocycles. The molecule has 142 valence electrons. The summed E-state index contributed by atoms with van der Waals surface area (Å²) in [4.78, 5) is 15.9. The van der Waals surface area contributed by atoms with E-state index in [-0.39, 0.29) is 24.9 Å². The molecule has 0 bridgehead atoms. The van der Waals surface area contributed by atoms with Crippen molar-refractivity contribution in [2.24, 2.45) is 23.5 Å². The van der Waals surface area contributed by atoms with Gasteiger partial charge in [-0.15, -0.1) is 0 Å². The second-order valence-corrected chi connectivity index (χ2v) is 7.66. The van der Waals surface area contributed by atoms with Crippen molar-refractivity contribution in [3.8, 4) is 0 Å². The first-order valence-corrected chi connectivity index (χ1v) is 9.27. The minimum atomic E-state index is -0.272. The first kappa shape index (κ1) is 19.8. The number of ether oxygens (including phenoxy) is 2. The van der Waals surface area contributed by atoms with Crippen molar-refractivity contribution in [1.29, 1.82) is 0 Å². The molecule has 0 radical (unpaired) electrons. The molecule has 0 amide bonds. The van der Waals surface area contributed by atoms with Crippen LogP contribution in [0.25, 0.3) is 0 Å². The first-order chi connectivity index (χ1) is 11.8. The molecule has 0 spiro atoms. The Bertz CT molecular complexity index is 560. The zero-order chi connectivity index (χ0) is 18.6. The third-order valence-corrected chi connectivity index (χ3v) is 5.14. The van der Waals surface area contributed by atoms with Gasteiger partial charge in [0.15, 0.2) is 0 Å². The number of anilines is 1. The lowest BCUT2D eigenvalue weighted by Gasteiger charge is -2.37. The van der Waals surface area contributed by atoms with E-state index >= 15 is 0 Å². The fourth-order valence-corrected chi connectivity index (χ4v) is 3.86. The third-order valence-electron chi connectivity index (χ3n) is 5.14. The number of nitrogens with two attached hydrogens (primary N) is 1. The number of hydrogen-bond acceptors (Lipinski definition) is 5. The Morgan fingerprint density at radius 2 is 2.00 bits per heavy atom. The molecule has 1 aliphatic carbocycles. The summed E-state index contributed by atoms with van der Waals surface area (Å²) in [5.41, 5.74) is 6.96. The van der Waals surface area contributed by atoms with Crippen LogP contribution in [0.1, 0.15) is 56.5 Å². The van der Waals surface area contributed by atoms with Crippen LogP contribution < -0.4 is 11.1 Å². The number of rotatable bonds is 7. The van der Waals surface area contributed by atoms with Crippen LogP contribution in [0.4, 0.5) is 5.82 Å². The van der Waals surface area contributed by atoms with Gasteiger partial charge < -0.3 is 25.5 Å². The van der Waals surface area contributed by atoms with Gasteiger partial charge >= 0.3 is 5.97 Å². The highest BCUT2D eigenvalue weighted by molar-refractivity contribution is 5.96. The Labute approximate surface area is 150 Å². The van der Waals surface area contributed by atoms with Crippen molar-refractivity contribution in [1.82, 2.24) is 4.98 Å². The highest BCUT2D eigenvalue weighted by Gasteiger charge is 2.35. The monoisotopic (exact) mass is 351 g/mol. The molecule has 1 aromatic heterocycles. The molecule has 2 rings (SSSR count). The molecule has 1 aromatic rings. The summed E-state index contributed by atoms with van der Waals surface area (Å²) in [5.74, 6) is 1.81. The number of hydrogen-bond donors (Lipinski definition) is 3. The molecular weight excluding hydrogens is 318 g/mol. The van der Waals surface area contributed by atoms with Gasteiger partial charge in [-0.2, -0.15) is 0 Å². The van der Waals surface area contributed by atoms with Crippen LogP contribution in [-0.2, 0) is 9.47 Å². The zero-order valence-corrected chi connectivity index (χ0v) is 16.1. The summed E-state index contributed by atoms with van der Waals surface area (Å²) < 4.78 is 11.4. The second kappa shape index (κ2) is 8.72. The van der Waals surface area contributed by atoms with E-state index in [1.165, 1.54) is 0 Å². The van der Waals surface area contributed by atoms with Crippen molar-refractivity contribution >= 4 is 11.8 Å². The average molecular weight is 351 g/mol. The summed E-state index contributed by atoms with van der Waals surface area (Å²) in [6.07, 6.45) is 3.94. The number of aromatic nitrogens is 1. The lowest BCUT2D eigenvalue weighted by molar-refractivity contribution is -0.0251. The van der Waals surface area contributed by atoms with E-state index in [0.717, 1.165) is 18.4 Å². The number of aryl methyl sites for hydroxylation is 1. The fourth-order valence-electron chi connectivity index (χ4n) is 3.86. The Balaban J connectivity index is 2.02. The minimum absolute atomic E-state index is 0.0284. The molecule has 0 saturated heterocycles. The molecule has 6 nitrogen and oxygen atoms in total. The lowest BCUT2D eigenvalue weighted by Crippen LogP contribution is -2.37. The van der Waals surface area contributed by atoms with Gasteiger partial charge in [0.05, 0.1) is 6.10 Å². The highest BCUT2D eigenvalue weighted by Crippen LogP contribution is 2.35. The van der Waals surface area contributed by atoms with Crippen LogP contribution in [0.3, 0.4) is 0 Å². The van der Waals surface area contributed by atoms with Crippen molar-refractivity contribution in [3.05, 3.63) is 17.3 Å². The molecule has 6 heteroatoms. The third kappa shape index (κ3) is 4.98. The molecule has 25 heavy (non-hydrogen) atoms. The molecule has 1 heterocycles. The van der Waals surface area contributed by atoms with Crippen LogP contribution in [0.2, 0.25) is 0 Å². The molecule has 3 unspecified atom stereocenters. The molecule has 3 atom stereocenters. The van der Waals surface area contributed by atoms with Crippen LogP contribution in [0.15, 0.2) is 6.20 Å². The van der Waals surface area contributed by atoms with Gasteiger partial charge in [-0.05, 0) is 50.0 Å². The van der Waals surface area contributed by atoms with Gasteiger partial charge in [0, 0.05) is 12.7 Å². The molecule has 4 N–H and O–H groups in total. The number of carbonyl (C=O) groups excluding carboxylic acids is 1. The summed E-state index contributed by atoms with van der Waals surface area (Å²) in [7, 11) is 0. The lowest BCUT2D eigenvalue weighted by atomic mass is 9.75. The SMILES string of the molecule is Cc1c[nH]c(NCOC(C)CN)c1C(=O)OC1C(C)CC(C)CC1C. The number of nitrogens with one attached hydrogen (secondary N) is 2. The van der Waals surface area contributed by atoms with E-state index < -0.39 is 0 Å². The van der Waals surface area contributed by atoms with E-state index in [0.29, 0.717) is 35.7 Å². The topological polar surface area (TPSA) is 89.4 Å². The van der Waals surface area contributed by atoms with Gasteiger partial charge in [0.25, 0.3) is 0 Å². The number of H-pyrrole nitrogens is 1. The van der Waals surface area contributed by atoms with E-state index in [2.05, 4.69) is 31.1 Å². The van der Waals surface area contributed by atoms with E-state index in [4.69, 9.17) is 15.2 Å². The predicted octanol–water partition coefficient (Wildman–Crippen LogP) is 3.28. The highest BCUT2D eigenvalue weighted by atomic mass is 16.5. The zero-order valence-electron chi connectivity index (χ0n) is 16.1. The molecular formula is C19H33N3O3. The summed E-state index contributed by atoms with van der Waals surface area (Å²) in [5, 5.41) is 3.11. The van der Waals surface area contributed by atoms with Gasteiger partial charge in [0.1, 0.15) is 24.2 Å². The maximum atomic E-state index is 12.8. The van der Waals surface area contributed by atoms with Crippen LogP contribution in [-0.4, -0.2) is 36.4 Å². The van der Waals surface area contributed by atoms with E-state index in [1.54, 1.807) is 6.20 Å². The number of aromatic amines is 1. The summed E-state index contributed by atoms with van der Waals surface area (Å²) in [6, 6.07) is 0. The predicted molar refractivity (Wildman–Crippen MR) is 99.6 cm³/mol. The standard InChI is InChI=1S/C19H33N3O3/c1-11-6-12(2)17(13(3)7-11)25-19(23)16-14(4)9-21-18(16)22-10-24-15(5)8-20/h9,11-13,15,17,21-22H,6-8,10,20H2,1-5H3. The molecule has 1 fully saturated rings. The van der Waals surface area contributed by atoms with Crippen molar-refractivity contribution < 1.29 is 14.3 Å². The van der Waals surface area contributed by atoms with Crippen molar-refractivity contribution in [2.75, 3.05) is 18.6 Å². The average Bonchev–Trinajstić information content (AvgIpc) is 2.91. The molecule has 0 aliphatic heterocycles. The van der Waals surface area contributed by atoms with Gasteiger partial charge in [-0.25, -0.2) is 4.79 Å². The fraction of sp³-hybridized carbons (Fsp3) is 0.737. The Morgan fingerprint density at radius 3 is 2.60 bits per heavy atom. The Morgan fingerprint density at radius 1 is 1.36 bits per heavy atom. The van der Waals surface area contributed by atoms with E-state index in [1.807, 2.05) is 13.8 Å². The van der Waals surface area contributed by atoms with Crippen LogP contribution in [0, 0.1) is 24.7 Å². The minimum Gasteiger partial charge on any atom is -0.458 e. The van der Waals surface area contributed by atoms with Crippen LogP contribution in [0.5, 0.6) is 0 Å². The maximum Gasteiger partial charge on any atom is 0.342 e. The number of carbonyl (C=O) groups is 1.